The SMILES string of the molecule is O=C(NCCCC1CCCCC1)[C@@H]1CCCN1C(=O)c1ccco1. The van der Waals surface area contributed by atoms with Crippen LogP contribution in [0.4, 0.5) is 0 Å². The molecule has 1 saturated heterocycles. The summed E-state index contributed by atoms with van der Waals surface area (Å²) in [5.41, 5.74) is 0. The van der Waals surface area contributed by atoms with E-state index in [4.69, 9.17) is 4.42 Å². The van der Waals surface area contributed by atoms with E-state index in [1.54, 1.807) is 17.0 Å². The van der Waals surface area contributed by atoms with Gasteiger partial charge in [-0.2, -0.15) is 0 Å². The molecule has 132 valence electrons. The fraction of sp³-hybridized carbons (Fsp3) is 0.684. The van der Waals surface area contributed by atoms with Crippen molar-refractivity contribution in [2.75, 3.05) is 13.1 Å². The molecule has 0 radical (unpaired) electrons. The van der Waals surface area contributed by atoms with Crippen LogP contribution in [-0.4, -0.2) is 35.8 Å². The first-order valence-corrected chi connectivity index (χ1v) is 9.38. The molecule has 2 fully saturated rings. The topological polar surface area (TPSA) is 62.6 Å². The van der Waals surface area contributed by atoms with Crippen molar-refractivity contribution in [1.29, 1.82) is 0 Å². The lowest BCUT2D eigenvalue weighted by Crippen LogP contribution is -2.46. The van der Waals surface area contributed by atoms with Crippen molar-refractivity contribution in [2.45, 2.75) is 63.8 Å². The first-order valence-electron chi connectivity index (χ1n) is 9.38. The van der Waals surface area contributed by atoms with Crippen LogP contribution in [0.1, 0.15) is 68.3 Å². The number of furan rings is 1. The monoisotopic (exact) mass is 332 g/mol. The molecule has 1 aromatic heterocycles. The van der Waals surface area contributed by atoms with Gasteiger partial charge >= 0.3 is 0 Å². The second kappa shape index (κ2) is 8.36. The zero-order valence-electron chi connectivity index (χ0n) is 14.3. The normalized spacial score (nSPS) is 21.8. The molecule has 1 N–H and O–H groups in total. The lowest BCUT2D eigenvalue weighted by molar-refractivity contribution is -0.124. The third kappa shape index (κ3) is 4.19. The Bertz CT molecular complexity index is 535. The van der Waals surface area contributed by atoms with Crippen LogP contribution in [0.5, 0.6) is 0 Å². The third-order valence-corrected chi connectivity index (χ3v) is 5.36. The number of carbonyl (C=O) groups is 2. The highest BCUT2D eigenvalue weighted by molar-refractivity contribution is 5.95. The van der Waals surface area contributed by atoms with Gasteiger partial charge in [-0.05, 0) is 43.7 Å². The summed E-state index contributed by atoms with van der Waals surface area (Å²) in [5, 5.41) is 3.03. The Kier molecular flexibility index (Phi) is 5.94. The van der Waals surface area contributed by atoms with Gasteiger partial charge in [0.2, 0.25) is 5.91 Å². The fourth-order valence-electron chi connectivity index (χ4n) is 4.02. The second-order valence-corrected chi connectivity index (χ2v) is 7.07. The van der Waals surface area contributed by atoms with Crippen LogP contribution in [0.25, 0.3) is 0 Å². The van der Waals surface area contributed by atoms with Gasteiger partial charge in [0.15, 0.2) is 5.76 Å². The molecule has 1 saturated carbocycles. The predicted octanol–water partition coefficient (Wildman–Crippen LogP) is 3.36. The smallest absolute Gasteiger partial charge is 0.290 e. The summed E-state index contributed by atoms with van der Waals surface area (Å²) in [4.78, 5) is 26.5. The Labute approximate surface area is 143 Å². The predicted molar refractivity (Wildman–Crippen MR) is 91.6 cm³/mol. The summed E-state index contributed by atoms with van der Waals surface area (Å²) in [6.07, 6.45) is 12.1. The maximum absolute atomic E-state index is 12.4. The van der Waals surface area contributed by atoms with E-state index < -0.39 is 0 Å². The molecule has 5 nitrogen and oxygen atoms in total. The molecule has 1 aliphatic heterocycles. The van der Waals surface area contributed by atoms with Gasteiger partial charge in [0.25, 0.3) is 5.91 Å². The fourth-order valence-corrected chi connectivity index (χ4v) is 4.02. The minimum absolute atomic E-state index is 0.0175. The van der Waals surface area contributed by atoms with Crippen molar-refractivity contribution in [3.05, 3.63) is 24.2 Å². The van der Waals surface area contributed by atoms with Crippen molar-refractivity contribution >= 4 is 11.8 Å². The number of hydrogen-bond acceptors (Lipinski definition) is 3. The number of rotatable bonds is 6. The van der Waals surface area contributed by atoms with E-state index in [1.807, 2.05) is 0 Å². The van der Waals surface area contributed by atoms with Crippen LogP contribution >= 0.6 is 0 Å². The van der Waals surface area contributed by atoms with Gasteiger partial charge in [-0.15, -0.1) is 0 Å². The zero-order chi connectivity index (χ0) is 16.8. The summed E-state index contributed by atoms with van der Waals surface area (Å²) in [6.45, 7) is 1.34. The van der Waals surface area contributed by atoms with E-state index in [2.05, 4.69) is 5.32 Å². The molecule has 5 heteroatoms. The summed E-state index contributed by atoms with van der Waals surface area (Å²) in [7, 11) is 0. The van der Waals surface area contributed by atoms with E-state index in [0.29, 0.717) is 18.8 Å². The van der Waals surface area contributed by atoms with Crippen LogP contribution in [0.3, 0.4) is 0 Å². The molecule has 3 rings (SSSR count). The Morgan fingerprint density at radius 3 is 2.75 bits per heavy atom. The molecule has 1 aliphatic carbocycles. The highest BCUT2D eigenvalue weighted by Crippen LogP contribution is 2.27. The first-order chi connectivity index (χ1) is 11.8. The lowest BCUT2D eigenvalue weighted by Gasteiger charge is -2.24. The highest BCUT2D eigenvalue weighted by Gasteiger charge is 2.35. The van der Waals surface area contributed by atoms with Gasteiger partial charge in [-0.3, -0.25) is 9.59 Å². The van der Waals surface area contributed by atoms with E-state index in [9.17, 15) is 9.59 Å². The molecular weight excluding hydrogens is 304 g/mol. The average molecular weight is 332 g/mol. The summed E-state index contributed by atoms with van der Waals surface area (Å²) < 4.78 is 5.18. The van der Waals surface area contributed by atoms with Crippen molar-refractivity contribution in [3.63, 3.8) is 0 Å². The van der Waals surface area contributed by atoms with Crippen LogP contribution in [0.2, 0.25) is 0 Å². The van der Waals surface area contributed by atoms with Gasteiger partial charge in [0.05, 0.1) is 6.26 Å². The Morgan fingerprint density at radius 2 is 2.00 bits per heavy atom. The number of nitrogens with one attached hydrogen (secondary N) is 1. The molecule has 2 amide bonds. The molecule has 1 atom stereocenters. The van der Waals surface area contributed by atoms with Crippen LogP contribution in [0, 0.1) is 5.92 Å². The Hall–Kier alpha value is -1.78. The highest BCUT2D eigenvalue weighted by atomic mass is 16.3. The van der Waals surface area contributed by atoms with E-state index >= 15 is 0 Å². The minimum atomic E-state index is -0.350. The van der Waals surface area contributed by atoms with Gasteiger partial charge in [-0.25, -0.2) is 0 Å². The van der Waals surface area contributed by atoms with Crippen molar-refractivity contribution in [1.82, 2.24) is 10.2 Å². The average Bonchev–Trinajstić information content (AvgIpc) is 3.30. The van der Waals surface area contributed by atoms with Gasteiger partial charge < -0.3 is 14.6 Å². The summed E-state index contributed by atoms with van der Waals surface area (Å²) in [6, 6.07) is 3.00. The number of nitrogens with zero attached hydrogens (tertiary/aromatic N) is 1. The number of amides is 2. The summed E-state index contributed by atoms with van der Waals surface area (Å²) in [5.74, 6) is 0.960. The zero-order valence-corrected chi connectivity index (χ0v) is 14.3. The quantitative estimate of drug-likeness (QED) is 0.813. The van der Waals surface area contributed by atoms with E-state index in [1.165, 1.54) is 44.8 Å². The van der Waals surface area contributed by atoms with Gasteiger partial charge in [0.1, 0.15) is 6.04 Å². The second-order valence-electron chi connectivity index (χ2n) is 7.07. The standard InChI is InChI=1S/C19H28N2O3/c22-18(20-12-4-9-15-7-2-1-3-8-15)16-10-5-13-21(16)19(23)17-11-6-14-24-17/h6,11,14-16H,1-5,7-10,12-13H2,(H,20,22)/t16-/m0/s1. The molecule has 24 heavy (non-hydrogen) atoms. The summed E-state index contributed by atoms with van der Waals surface area (Å²) >= 11 is 0. The van der Waals surface area contributed by atoms with Gasteiger partial charge in [0, 0.05) is 13.1 Å². The number of hydrogen-bond donors (Lipinski definition) is 1. The van der Waals surface area contributed by atoms with Crippen LogP contribution in [-0.2, 0) is 4.79 Å². The molecule has 0 unspecified atom stereocenters. The third-order valence-electron chi connectivity index (χ3n) is 5.36. The minimum Gasteiger partial charge on any atom is -0.459 e. The molecule has 2 aliphatic rings. The Balaban J connectivity index is 1.42. The first kappa shape index (κ1) is 17.1. The molecule has 0 aromatic carbocycles. The lowest BCUT2D eigenvalue weighted by atomic mass is 9.86. The largest absolute Gasteiger partial charge is 0.459 e. The maximum atomic E-state index is 12.4. The molecule has 0 bridgehead atoms. The molecule has 0 spiro atoms. The van der Waals surface area contributed by atoms with Crippen molar-refractivity contribution in [3.8, 4) is 0 Å². The number of likely N-dealkylation sites (tertiary alicyclic amines) is 1. The maximum Gasteiger partial charge on any atom is 0.290 e. The molecule has 1 aromatic rings. The van der Waals surface area contributed by atoms with Crippen molar-refractivity contribution < 1.29 is 14.0 Å². The Morgan fingerprint density at radius 1 is 1.17 bits per heavy atom. The molecular formula is C19H28N2O3. The van der Waals surface area contributed by atoms with Gasteiger partial charge in [-0.1, -0.05) is 32.1 Å². The van der Waals surface area contributed by atoms with Crippen LogP contribution < -0.4 is 5.32 Å². The van der Waals surface area contributed by atoms with Crippen LogP contribution in [0.15, 0.2) is 22.8 Å². The van der Waals surface area contributed by atoms with E-state index in [-0.39, 0.29) is 17.9 Å². The van der Waals surface area contributed by atoms with Crippen molar-refractivity contribution in [2.24, 2.45) is 5.92 Å². The number of carbonyl (C=O) groups excluding carboxylic acids is 2. The molecule has 2 heterocycles. The van der Waals surface area contributed by atoms with E-state index in [0.717, 1.165) is 25.2 Å².